The summed E-state index contributed by atoms with van der Waals surface area (Å²) in [6.45, 7) is 9.97. The van der Waals surface area contributed by atoms with Crippen molar-refractivity contribution in [3.63, 3.8) is 0 Å². The largest absolute Gasteiger partial charge is 0.539 e. The molecule has 0 saturated carbocycles. The van der Waals surface area contributed by atoms with Crippen molar-refractivity contribution in [1.29, 1.82) is 0 Å². The molecule has 3 rings (SSSR count). The molecule has 1 amide bonds. The lowest BCUT2D eigenvalue weighted by molar-refractivity contribution is -0.385. The number of nitrogens with zero attached hydrogens (tertiary/aromatic N) is 3. The molecule has 8 nitrogen and oxygen atoms in total. The number of carbonyl (C=O) groups excluding carboxylic acids is 1. The summed E-state index contributed by atoms with van der Waals surface area (Å²) in [5.74, 6) is -0.507. The van der Waals surface area contributed by atoms with Crippen LogP contribution in [0.15, 0.2) is 54.9 Å². The summed E-state index contributed by atoms with van der Waals surface area (Å²) < 4.78 is 46.2. The van der Waals surface area contributed by atoms with E-state index in [0.717, 1.165) is 16.8 Å². The van der Waals surface area contributed by atoms with Crippen molar-refractivity contribution in [2.75, 3.05) is 5.32 Å². The minimum atomic E-state index is -4.52. The zero-order valence-corrected chi connectivity index (χ0v) is 20.8. The van der Waals surface area contributed by atoms with E-state index in [2.05, 4.69) is 10.4 Å². The summed E-state index contributed by atoms with van der Waals surface area (Å²) >= 11 is 0. The molecule has 3 aromatic rings. The number of hydrogen-bond donors (Lipinski definition) is 1. The van der Waals surface area contributed by atoms with Crippen LogP contribution in [0.2, 0.25) is 18.1 Å². The predicted octanol–water partition coefficient (Wildman–Crippen LogP) is 6.44. The third kappa shape index (κ3) is 5.88. The van der Waals surface area contributed by atoms with Gasteiger partial charge in [-0.3, -0.25) is 14.9 Å². The number of anilines is 1. The summed E-state index contributed by atoms with van der Waals surface area (Å²) in [4.78, 5) is 23.8. The summed E-state index contributed by atoms with van der Waals surface area (Å²) in [5, 5.41) is 18.0. The van der Waals surface area contributed by atoms with Crippen molar-refractivity contribution >= 4 is 25.6 Å². The van der Waals surface area contributed by atoms with Gasteiger partial charge in [0, 0.05) is 18.0 Å². The Bertz CT molecular complexity index is 1270. The van der Waals surface area contributed by atoms with Gasteiger partial charge in [0.15, 0.2) is 5.75 Å². The average Bonchev–Trinajstić information content (AvgIpc) is 3.24. The molecule has 186 valence electrons. The number of benzene rings is 2. The fourth-order valence-corrected chi connectivity index (χ4v) is 3.89. The molecular formula is C23H25F3N4O4Si. The first-order chi connectivity index (χ1) is 16.1. The van der Waals surface area contributed by atoms with Gasteiger partial charge in [-0.05, 0) is 48.5 Å². The van der Waals surface area contributed by atoms with Crippen LogP contribution in [0.25, 0.3) is 5.69 Å². The number of hydrogen-bond acceptors (Lipinski definition) is 5. The highest BCUT2D eigenvalue weighted by molar-refractivity contribution is 6.74. The van der Waals surface area contributed by atoms with E-state index in [9.17, 15) is 28.1 Å². The maximum atomic E-state index is 13.0. The maximum Gasteiger partial charge on any atom is 0.416 e. The van der Waals surface area contributed by atoms with Gasteiger partial charge in [-0.2, -0.15) is 18.3 Å². The smallest absolute Gasteiger partial charge is 0.416 e. The monoisotopic (exact) mass is 506 g/mol. The van der Waals surface area contributed by atoms with E-state index in [1.165, 1.54) is 42.7 Å². The van der Waals surface area contributed by atoms with Gasteiger partial charge in [0.05, 0.1) is 27.9 Å². The Kier molecular flexibility index (Phi) is 6.80. The van der Waals surface area contributed by atoms with Crippen molar-refractivity contribution in [1.82, 2.24) is 9.78 Å². The number of nitro groups is 1. The van der Waals surface area contributed by atoms with E-state index < -0.39 is 30.9 Å². The number of aromatic nitrogens is 2. The van der Waals surface area contributed by atoms with Crippen LogP contribution < -0.4 is 9.74 Å². The van der Waals surface area contributed by atoms with Gasteiger partial charge in [0.2, 0.25) is 0 Å². The van der Waals surface area contributed by atoms with Crippen molar-refractivity contribution < 1.29 is 27.3 Å². The van der Waals surface area contributed by atoms with Gasteiger partial charge in [0.25, 0.3) is 14.2 Å². The Morgan fingerprint density at radius 1 is 1.14 bits per heavy atom. The zero-order chi connectivity index (χ0) is 26.2. The maximum absolute atomic E-state index is 13.0. The topological polar surface area (TPSA) is 99.3 Å². The molecule has 1 heterocycles. The van der Waals surface area contributed by atoms with Crippen LogP contribution in [0.5, 0.6) is 5.75 Å². The lowest BCUT2D eigenvalue weighted by atomic mass is 10.2. The molecule has 0 radical (unpaired) electrons. The molecule has 0 fully saturated rings. The van der Waals surface area contributed by atoms with Crippen molar-refractivity contribution in [3.8, 4) is 11.4 Å². The van der Waals surface area contributed by atoms with Gasteiger partial charge in [-0.25, -0.2) is 4.68 Å². The quantitative estimate of drug-likeness (QED) is 0.236. The highest BCUT2D eigenvalue weighted by Gasteiger charge is 2.40. The summed E-state index contributed by atoms with van der Waals surface area (Å²) in [5.41, 5.74) is -0.777. The molecule has 0 aliphatic heterocycles. The SMILES string of the molecule is CC(C)(C)[Si](C)(C)Oc1ccc(NC(=O)c2cnn(-c3cccc(C(F)(F)F)c3)c2)cc1[N+](=O)[O-]. The minimum absolute atomic E-state index is 0.0617. The Morgan fingerprint density at radius 3 is 2.43 bits per heavy atom. The molecule has 0 atom stereocenters. The van der Waals surface area contributed by atoms with Crippen molar-refractivity contribution in [2.45, 2.75) is 45.1 Å². The third-order valence-electron chi connectivity index (χ3n) is 5.87. The molecule has 0 spiro atoms. The molecule has 35 heavy (non-hydrogen) atoms. The minimum Gasteiger partial charge on any atom is -0.539 e. The van der Waals surface area contributed by atoms with Crippen LogP contribution >= 0.6 is 0 Å². The third-order valence-corrected chi connectivity index (χ3v) is 10.2. The van der Waals surface area contributed by atoms with Crippen molar-refractivity contribution in [2.24, 2.45) is 0 Å². The van der Waals surface area contributed by atoms with Crippen LogP contribution in [0.3, 0.4) is 0 Å². The Labute approximate surface area is 201 Å². The number of nitrogens with one attached hydrogen (secondary N) is 1. The number of alkyl halides is 3. The van der Waals surface area contributed by atoms with Crippen molar-refractivity contribution in [3.05, 3.63) is 76.1 Å². The second-order valence-corrected chi connectivity index (χ2v) is 14.2. The molecule has 0 saturated heterocycles. The van der Waals surface area contributed by atoms with E-state index >= 15 is 0 Å². The standard InChI is InChI=1S/C23H25F3N4O4Si/c1-22(2,3)35(4,5)34-20-10-9-17(12-19(20)30(32)33)28-21(31)15-13-27-29(14-15)18-8-6-7-16(11-18)23(24,25)26/h6-14H,1-5H3,(H,28,31). The summed E-state index contributed by atoms with van der Waals surface area (Å²) in [6.07, 6.45) is -2.05. The number of halogens is 3. The fraction of sp³-hybridized carbons (Fsp3) is 0.304. The molecule has 1 N–H and O–H groups in total. The lowest BCUT2D eigenvalue weighted by Gasteiger charge is -2.36. The molecule has 12 heteroatoms. The fourth-order valence-electron chi connectivity index (χ4n) is 2.86. The van der Waals surface area contributed by atoms with Crippen LogP contribution in [-0.2, 0) is 6.18 Å². The molecule has 0 aliphatic carbocycles. The second kappa shape index (κ2) is 9.17. The first kappa shape index (κ1) is 25.9. The first-order valence-corrected chi connectivity index (χ1v) is 13.5. The lowest BCUT2D eigenvalue weighted by Crippen LogP contribution is -2.44. The molecule has 0 bridgehead atoms. The van der Waals surface area contributed by atoms with Gasteiger partial charge in [-0.1, -0.05) is 26.8 Å². The molecule has 1 aromatic heterocycles. The Morgan fingerprint density at radius 2 is 1.83 bits per heavy atom. The van der Waals surface area contributed by atoms with E-state index in [4.69, 9.17) is 4.43 Å². The second-order valence-electron chi connectivity index (χ2n) is 9.48. The van der Waals surface area contributed by atoms with E-state index in [0.29, 0.717) is 0 Å². The molecular weight excluding hydrogens is 481 g/mol. The summed E-state index contributed by atoms with van der Waals surface area (Å²) in [6, 6.07) is 8.66. The predicted molar refractivity (Wildman–Crippen MR) is 127 cm³/mol. The Balaban J connectivity index is 1.82. The van der Waals surface area contributed by atoms with Gasteiger partial charge < -0.3 is 9.74 Å². The van der Waals surface area contributed by atoms with Gasteiger partial charge in [0.1, 0.15) is 0 Å². The van der Waals surface area contributed by atoms with E-state index in [1.54, 1.807) is 0 Å². The van der Waals surface area contributed by atoms with Crippen LogP contribution in [0.1, 0.15) is 36.7 Å². The summed E-state index contributed by atoms with van der Waals surface area (Å²) in [7, 11) is -2.34. The molecule has 0 aliphatic rings. The molecule has 0 unspecified atom stereocenters. The zero-order valence-electron chi connectivity index (χ0n) is 19.8. The van der Waals surface area contributed by atoms with Gasteiger partial charge in [-0.15, -0.1) is 0 Å². The Hall–Kier alpha value is -3.67. The molecule has 2 aromatic carbocycles. The number of rotatable bonds is 6. The van der Waals surface area contributed by atoms with Crippen LogP contribution in [-0.4, -0.2) is 28.9 Å². The highest BCUT2D eigenvalue weighted by Crippen LogP contribution is 2.40. The van der Waals surface area contributed by atoms with Gasteiger partial charge >= 0.3 is 11.9 Å². The average molecular weight is 507 g/mol. The van der Waals surface area contributed by atoms with Crippen LogP contribution in [0.4, 0.5) is 24.5 Å². The number of nitro benzene ring substituents is 1. The van der Waals surface area contributed by atoms with E-state index in [-0.39, 0.29) is 33.4 Å². The normalized spacial score (nSPS) is 12.3. The number of amides is 1. The van der Waals surface area contributed by atoms with E-state index in [1.807, 2.05) is 33.9 Å². The van der Waals surface area contributed by atoms with Crippen LogP contribution in [0, 0.1) is 10.1 Å². The highest BCUT2D eigenvalue weighted by atomic mass is 28.4. The first-order valence-electron chi connectivity index (χ1n) is 10.6. The number of carbonyl (C=O) groups is 1.